The zero-order valence-electron chi connectivity index (χ0n) is 18.7. The van der Waals surface area contributed by atoms with E-state index in [1.807, 2.05) is 34.9 Å². The van der Waals surface area contributed by atoms with Crippen LogP contribution >= 0.6 is 0 Å². The van der Waals surface area contributed by atoms with E-state index >= 15 is 0 Å². The highest BCUT2D eigenvalue weighted by Gasteiger charge is 2.17. The van der Waals surface area contributed by atoms with Crippen LogP contribution in [0.5, 0.6) is 17.2 Å². The molecule has 0 spiro atoms. The monoisotopic (exact) mass is 434 g/mol. The standard InChI is InChI=1S/C23H26N6O3/c1-14(2)29-13-24-19-21(25-15-9-7-6-8-10-15)27-23(28-22(19)29)26-16-11-17(30-3)20(32-5)18(12-16)31-4/h6-14H,1-5H3,(H2,25,26,27,28). The Morgan fingerprint density at radius 2 is 1.53 bits per heavy atom. The van der Waals surface area contributed by atoms with Crippen LogP contribution in [0.15, 0.2) is 48.8 Å². The summed E-state index contributed by atoms with van der Waals surface area (Å²) in [4.78, 5) is 14.0. The summed E-state index contributed by atoms with van der Waals surface area (Å²) in [5.74, 6) is 2.60. The van der Waals surface area contributed by atoms with E-state index in [9.17, 15) is 0 Å². The maximum atomic E-state index is 5.46. The number of methoxy groups -OCH3 is 3. The van der Waals surface area contributed by atoms with Gasteiger partial charge >= 0.3 is 0 Å². The Labute approximate surface area is 186 Å². The third-order valence-electron chi connectivity index (χ3n) is 4.94. The second kappa shape index (κ2) is 9.01. The fraction of sp³-hybridized carbons (Fsp3) is 0.261. The summed E-state index contributed by atoms with van der Waals surface area (Å²) < 4.78 is 18.3. The smallest absolute Gasteiger partial charge is 0.231 e. The van der Waals surface area contributed by atoms with Crippen LogP contribution < -0.4 is 24.8 Å². The van der Waals surface area contributed by atoms with Crippen LogP contribution in [-0.2, 0) is 0 Å². The van der Waals surface area contributed by atoms with E-state index in [1.165, 1.54) is 0 Å². The lowest BCUT2D eigenvalue weighted by Crippen LogP contribution is -2.06. The first-order valence-electron chi connectivity index (χ1n) is 10.2. The first kappa shape index (κ1) is 21.2. The number of benzene rings is 2. The molecule has 0 radical (unpaired) electrons. The van der Waals surface area contributed by atoms with E-state index in [2.05, 4.69) is 29.5 Å². The van der Waals surface area contributed by atoms with E-state index in [4.69, 9.17) is 24.2 Å². The van der Waals surface area contributed by atoms with Gasteiger partial charge in [-0.25, -0.2) is 4.98 Å². The number of imidazole rings is 1. The molecule has 166 valence electrons. The third-order valence-corrected chi connectivity index (χ3v) is 4.94. The van der Waals surface area contributed by atoms with E-state index in [1.54, 1.807) is 39.8 Å². The van der Waals surface area contributed by atoms with E-state index in [0.717, 1.165) is 11.3 Å². The van der Waals surface area contributed by atoms with Crippen LogP contribution in [0, 0.1) is 0 Å². The number of rotatable bonds is 8. The second-order valence-electron chi connectivity index (χ2n) is 7.34. The quantitative estimate of drug-likeness (QED) is 0.403. The molecule has 0 fully saturated rings. The van der Waals surface area contributed by atoms with Gasteiger partial charge in [-0.15, -0.1) is 0 Å². The van der Waals surface area contributed by atoms with Crippen LogP contribution in [0.2, 0.25) is 0 Å². The Hall–Kier alpha value is -4.01. The molecule has 0 aliphatic rings. The summed E-state index contributed by atoms with van der Waals surface area (Å²) in [5.41, 5.74) is 3.02. The molecule has 9 heteroatoms. The lowest BCUT2D eigenvalue weighted by atomic mass is 10.2. The van der Waals surface area contributed by atoms with Crippen molar-refractivity contribution in [2.75, 3.05) is 32.0 Å². The number of hydrogen-bond acceptors (Lipinski definition) is 8. The molecular weight excluding hydrogens is 408 g/mol. The van der Waals surface area contributed by atoms with Crippen molar-refractivity contribution in [1.82, 2.24) is 19.5 Å². The summed E-state index contributed by atoms with van der Waals surface area (Å²) in [6.07, 6.45) is 1.78. The number of nitrogens with one attached hydrogen (secondary N) is 2. The maximum absolute atomic E-state index is 5.46. The third kappa shape index (κ3) is 4.09. The molecule has 4 aromatic rings. The highest BCUT2D eigenvalue weighted by molar-refractivity contribution is 5.87. The van der Waals surface area contributed by atoms with Gasteiger partial charge < -0.3 is 29.4 Å². The molecule has 2 aromatic heterocycles. The van der Waals surface area contributed by atoms with Crippen molar-refractivity contribution in [3.63, 3.8) is 0 Å². The lowest BCUT2D eigenvalue weighted by Gasteiger charge is -2.15. The fourth-order valence-corrected chi connectivity index (χ4v) is 3.38. The number of nitrogens with zero attached hydrogens (tertiary/aromatic N) is 4. The normalized spacial score (nSPS) is 10.9. The zero-order valence-corrected chi connectivity index (χ0v) is 18.7. The maximum Gasteiger partial charge on any atom is 0.231 e. The van der Waals surface area contributed by atoms with Gasteiger partial charge in [0.05, 0.1) is 27.7 Å². The topological polar surface area (TPSA) is 95.4 Å². The molecule has 4 rings (SSSR count). The molecule has 2 heterocycles. The molecule has 0 amide bonds. The number of aromatic nitrogens is 4. The summed E-state index contributed by atoms with van der Waals surface area (Å²) in [6.45, 7) is 4.17. The Morgan fingerprint density at radius 1 is 0.844 bits per heavy atom. The van der Waals surface area contributed by atoms with E-state index in [0.29, 0.717) is 40.2 Å². The van der Waals surface area contributed by atoms with Gasteiger partial charge in [0.1, 0.15) is 0 Å². The van der Waals surface area contributed by atoms with Crippen molar-refractivity contribution in [3.8, 4) is 17.2 Å². The molecule has 0 unspecified atom stereocenters. The Bertz CT molecular complexity index is 1200. The summed E-state index contributed by atoms with van der Waals surface area (Å²) in [5, 5.41) is 6.61. The van der Waals surface area contributed by atoms with Gasteiger partial charge in [0.15, 0.2) is 28.5 Å². The van der Waals surface area contributed by atoms with Crippen molar-refractivity contribution in [1.29, 1.82) is 0 Å². The largest absolute Gasteiger partial charge is 0.493 e. The molecule has 0 aliphatic carbocycles. The van der Waals surface area contributed by atoms with E-state index in [-0.39, 0.29) is 6.04 Å². The molecular formula is C23H26N6O3. The minimum atomic E-state index is 0.188. The molecule has 32 heavy (non-hydrogen) atoms. The van der Waals surface area contributed by atoms with Gasteiger partial charge in [0.2, 0.25) is 11.7 Å². The zero-order chi connectivity index (χ0) is 22.7. The van der Waals surface area contributed by atoms with Gasteiger partial charge in [0.25, 0.3) is 0 Å². The van der Waals surface area contributed by atoms with Gasteiger partial charge in [0, 0.05) is 29.5 Å². The van der Waals surface area contributed by atoms with Crippen LogP contribution in [0.25, 0.3) is 11.2 Å². The Morgan fingerprint density at radius 3 is 2.12 bits per heavy atom. The molecule has 2 N–H and O–H groups in total. The van der Waals surface area contributed by atoms with Crippen molar-refractivity contribution >= 4 is 34.3 Å². The fourth-order valence-electron chi connectivity index (χ4n) is 3.38. The molecule has 0 atom stereocenters. The highest BCUT2D eigenvalue weighted by Crippen LogP contribution is 2.40. The van der Waals surface area contributed by atoms with Crippen molar-refractivity contribution in [2.45, 2.75) is 19.9 Å². The number of para-hydroxylation sites is 1. The predicted molar refractivity (Wildman–Crippen MR) is 125 cm³/mol. The number of fused-ring (bicyclic) bond motifs is 1. The minimum Gasteiger partial charge on any atom is -0.493 e. The van der Waals surface area contributed by atoms with Crippen molar-refractivity contribution in [3.05, 3.63) is 48.8 Å². The summed E-state index contributed by atoms with van der Waals surface area (Å²) >= 11 is 0. The number of hydrogen-bond donors (Lipinski definition) is 2. The molecule has 0 saturated carbocycles. The van der Waals surface area contributed by atoms with Crippen LogP contribution in [0.1, 0.15) is 19.9 Å². The lowest BCUT2D eigenvalue weighted by molar-refractivity contribution is 0.324. The van der Waals surface area contributed by atoms with Gasteiger partial charge in [-0.1, -0.05) is 18.2 Å². The van der Waals surface area contributed by atoms with Crippen LogP contribution in [0.4, 0.5) is 23.1 Å². The first-order chi connectivity index (χ1) is 15.5. The van der Waals surface area contributed by atoms with Crippen LogP contribution in [0.3, 0.4) is 0 Å². The number of anilines is 4. The van der Waals surface area contributed by atoms with Crippen molar-refractivity contribution in [2.24, 2.45) is 0 Å². The van der Waals surface area contributed by atoms with E-state index < -0.39 is 0 Å². The van der Waals surface area contributed by atoms with Crippen LogP contribution in [-0.4, -0.2) is 40.8 Å². The molecule has 0 aliphatic heterocycles. The minimum absolute atomic E-state index is 0.188. The molecule has 2 aromatic carbocycles. The SMILES string of the molecule is COc1cc(Nc2nc(Nc3ccccc3)c3ncn(C(C)C)c3n2)cc(OC)c1OC. The average molecular weight is 435 g/mol. The first-order valence-corrected chi connectivity index (χ1v) is 10.2. The Balaban J connectivity index is 1.79. The second-order valence-corrected chi connectivity index (χ2v) is 7.34. The molecule has 9 nitrogen and oxygen atoms in total. The predicted octanol–water partition coefficient (Wildman–Crippen LogP) is 4.92. The highest BCUT2D eigenvalue weighted by atomic mass is 16.5. The molecule has 0 bridgehead atoms. The molecule has 0 saturated heterocycles. The average Bonchev–Trinajstić information content (AvgIpc) is 3.23. The number of ether oxygens (including phenoxy) is 3. The van der Waals surface area contributed by atoms with Gasteiger partial charge in [-0.05, 0) is 26.0 Å². The Kier molecular flexibility index (Phi) is 5.98. The summed E-state index contributed by atoms with van der Waals surface area (Å²) in [6, 6.07) is 13.6. The summed E-state index contributed by atoms with van der Waals surface area (Å²) in [7, 11) is 4.72. The van der Waals surface area contributed by atoms with Gasteiger partial charge in [-0.3, -0.25) is 0 Å². The van der Waals surface area contributed by atoms with Gasteiger partial charge in [-0.2, -0.15) is 9.97 Å². The van der Waals surface area contributed by atoms with Crippen molar-refractivity contribution < 1.29 is 14.2 Å².